The van der Waals surface area contributed by atoms with Crippen LogP contribution in [0.1, 0.15) is 21.1 Å². The van der Waals surface area contributed by atoms with Crippen LogP contribution in [0.2, 0.25) is 0 Å². The molecule has 0 bridgehead atoms. The minimum Gasteiger partial charge on any atom is -0.347 e. The molecule has 0 fully saturated rings. The lowest BCUT2D eigenvalue weighted by Gasteiger charge is -2.03. The molecule has 5 heteroatoms. The van der Waals surface area contributed by atoms with E-state index >= 15 is 0 Å². The van der Waals surface area contributed by atoms with E-state index in [1.807, 2.05) is 6.92 Å². The van der Waals surface area contributed by atoms with Gasteiger partial charge in [0.25, 0.3) is 5.91 Å². The molecule has 1 aromatic heterocycles. The number of benzene rings is 1. The monoisotopic (exact) mass is 250 g/mol. The fraction of sp³-hybridized carbons (Fsp3) is 0.167. The summed E-state index contributed by atoms with van der Waals surface area (Å²) in [6.07, 6.45) is 0. The van der Waals surface area contributed by atoms with E-state index in [0.717, 1.165) is 10.6 Å². The van der Waals surface area contributed by atoms with Crippen LogP contribution < -0.4 is 5.32 Å². The van der Waals surface area contributed by atoms with Crippen LogP contribution in [0, 0.1) is 12.7 Å². The normalized spacial score (nSPS) is 10.2. The van der Waals surface area contributed by atoms with E-state index in [2.05, 4.69) is 10.3 Å². The molecule has 3 nitrogen and oxygen atoms in total. The molecule has 0 aliphatic rings. The summed E-state index contributed by atoms with van der Waals surface area (Å²) >= 11 is 1.43. The van der Waals surface area contributed by atoms with E-state index in [1.165, 1.54) is 23.5 Å². The third-order valence-corrected chi connectivity index (χ3v) is 2.99. The Balaban J connectivity index is 1.94. The van der Waals surface area contributed by atoms with Crippen molar-refractivity contribution in [3.05, 3.63) is 51.7 Å². The molecule has 1 N–H and O–H groups in total. The molecule has 2 aromatic rings. The number of carbonyl (C=O) groups excluding carboxylic acids is 1. The Kier molecular flexibility index (Phi) is 3.49. The van der Waals surface area contributed by atoms with Crippen LogP contribution >= 0.6 is 11.3 Å². The van der Waals surface area contributed by atoms with Crippen molar-refractivity contribution in [1.82, 2.24) is 10.3 Å². The Labute approximate surface area is 102 Å². The van der Waals surface area contributed by atoms with Gasteiger partial charge in [-0.15, -0.1) is 11.3 Å². The van der Waals surface area contributed by atoms with Gasteiger partial charge < -0.3 is 5.32 Å². The molecule has 17 heavy (non-hydrogen) atoms. The first-order valence-corrected chi connectivity index (χ1v) is 5.98. The molecule has 0 atom stereocenters. The SMILES string of the molecule is Cc1nc(C(=O)NCc2ccc(F)cc2)cs1. The Bertz CT molecular complexity index is 522. The first-order chi connectivity index (χ1) is 8.15. The Morgan fingerprint density at radius 3 is 2.71 bits per heavy atom. The highest BCUT2D eigenvalue weighted by molar-refractivity contribution is 7.09. The zero-order valence-corrected chi connectivity index (χ0v) is 10.1. The van der Waals surface area contributed by atoms with Crippen molar-refractivity contribution >= 4 is 17.2 Å². The molecular formula is C12H11FN2OS. The van der Waals surface area contributed by atoms with Gasteiger partial charge >= 0.3 is 0 Å². The van der Waals surface area contributed by atoms with Gasteiger partial charge in [0.15, 0.2) is 0 Å². The summed E-state index contributed by atoms with van der Waals surface area (Å²) in [4.78, 5) is 15.7. The Morgan fingerprint density at radius 2 is 2.12 bits per heavy atom. The maximum Gasteiger partial charge on any atom is 0.271 e. The van der Waals surface area contributed by atoms with E-state index in [4.69, 9.17) is 0 Å². The number of amides is 1. The molecule has 0 aliphatic heterocycles. The lowest BCUT2D eigenvalue weighted by Crippen LogP contribution is -2.23. The molecule has 0 spiro atoms. The smallest absolute Gasteiger partial charge is 0.271 e. The van der Waals surface area contributed by atoms with Gasteiger partial charge in [0.1, 0.15) is 11.5 Å². The Morgan fingerprint density at radius 1 is 1.41 bits per heavy atom. The van der Waals surface area contributed by atoms with Gasteiger partial charge in [-0.1, -0.05) is 12.1 Å². The van der Waals surface area contributed by atoms with Crippen LogP contribution in [0.3, 0.4) is 0 Å². The predicted octanol–water partition coefficient (Wildman–Crippen LogP) is 2.52. The molecular weight excluding hydrogens is 239 g/mol. The number of aryl methyl sites for hydroxylation is 1. The summed E-state index contributed by atoms with van der Waals surface area (Å²) < 4.78 is 12.7. The average Bonchev–Trinajstić information content (AvgIpc) is 2.75. The van der Waals surface area contributed by atoms with Crippen molar-refractivity contribution < 1.29 is 9.18 Å². The average molecular weight is 250 g/mol. The molecule has 2 rings (SSSR count). The zero-order chi connectivity index (χ0) is 12.3. The van der Waals surface area contributed by atoms with Gasteiger partial charge in [0, 0.05) is 11.9 Å². The first-order valence-electron chi connectivity index (χ1n) is 5.10. The standard InChI is InChI=1S/C12H11FN2OS/c1-8-15-11(7-17-8)12(16)14-6-9-2-4-10(13)5-3-9/h2-5,7H,6H2,1H3,(H,14,16). The highest BCUT2D eigenvalue weighted by atomic mass is 32.1. The maximum atomic E-state index is 12.7. The highest BCUT2D eigenvalue weighted by Crippen LogP contribution is 2.08. The second-order valence-electron chi connectivity index (χ2n) is 3.56. The molecule has 1 aromatic carbocycles. The van der Waals surface area contributed by atoms with Crippen LogP contribution in [-0.4, -0.2) is 10.9 Å². The van der Waals surface area contributed by atoms with Gasteiger partial charge in [-0.05, 0) is 24.6 Å². The van der Waals surface area contributed by atoms with Crippen LogP contribution in [0.25, 0.3) is 0 Å². The molecule has 88 valence electrons. The van der Waals surface area contributed by atoms with E-state index in [-0.39, 0.29) is 11.7 Å². The minimum absolute atomic E-state index is 0.210. The quantitative estimate of drug-likeness (QED) is 0.909. The maximum absolute atomic E-state index is 12.7. The molecule has 0 saturated heterocycles. The molecule has 1 amide bonds. The van der Waals surface area contributed by atoms with Crippen molar-refractivity contribution in [1.29, 1.82) is 0 Å². The first kappa shape index (κ1) is 11.7. The minimum atomic E-state index is -0.282. The number of rotatable bonds is 3. The number of nitrogens with one attached hydrogen (secondary N) is 1. The summed E-state index contributed by atoms with van der Waals surface area (Å²) in [7, 11) is 0. The van der Waals surface area contributed by atoms with Gasteiger partial charge in [-0.25, -0.2) is 9.37 Å². The van der Waals surface area contributed by atoms with E-state index < -0.39 is 0 Å². The van der Waals surface area contributed by atoms with Gasteiger partial charge in [0.05, 0.1) is 5.01 Å². The topological polar surface area (TPSA) is 42.0 Å². The Hall–Kier alpha value is -1.75. The van der Waals surface area contributed by atoms with Crippen LogP contribution in [-0.2, 0) is 6.54 Å². The second-order valence-corrected chi connectivity index (χ2v) is 4.62. The van der Waals surface area contributed by atoms with E-state index in [1.54, 1.807) is 17.5 Å². The molecule has 0 aliphatic carbocycles. The van der Waals surface area contributed by atoms with Crippen LogP contribution in [0.15, 0.2) is 29.6 Å². The van der Waals surface area contributed by atoms with Gasteiger partial charge in [-0.2, -0.15) is 0 Å². The largest absolute Gasteiger partial charge is 0.347 e. The summed E-state index contributed by atoms with van der Waals surface area (Å²) in [5.74, 6) is -0.492. The molecule has 0 radical (unpaired) electrons. The van der Waals surface area contributed by atoms with Crippen molar-refractivity contribution in [3.63, 3.8) is 0 Å². The van der Waals surface area contributed by atoms with Crippen molar-refractivity contribution in [2.45, 2.75) is 13.5 Å². The van der Waals surface area contributed by atoms with Crippen molar-refractivity contribution in [3.8, 4) is 0 Å². The van der Waals surface area contributed by atoms with Crippen molar-refractivity contribution in [2.24, 2.45) is 0 Å². The zero-order valence-electron chi connectivity index (χ0n) is 9.24. The van der Waals surface area contributed by atoms with Gasteiger partial charge in [-0.3, -0.25) is 4.79 Å². The molecule has 1 heterocycles. The summed E-state index contributed by atoms with van der Waals surface area (Å²) in [5, 5.41) is 5.31. The number of hydrogen-bond donors (Lipinski definition) is 1. The fourth-order valence-corrected chi connectivity index (χ4v) is 1.94. The summed E-state index contributed by atoms with van der Waals surface area (Å²) in [5.41, 5.74) is 1.28. The second kappa shape index (κ2) is 5.05. The van der Waals surface area contributed by atoms with Crippen molar-refractivity contribution in [2.75, 3.05) is 0 Å². The number of aromatic nitrogens is 1. The number of thiazole rings is 1. The number of halogens is 1. The number of hydrogen-bond acceptors (Lipinski definition) is 3. The highest BCUT2D eigenvalue weighted by Gasteiger charge is 2.08. The fourth-order valence-electron chi connectivity index (χ4n) is 1.34. The van der Waals surface area contributed by atoms with E-state index in [9.17, 15) is 9.18 Å². The molecule has 0 saturated carbocycles. The van der Waals surface area contributed by atoms with Gasteiger partial charge in [0.2, 0.25) is 0 Å². The lowest BCUT2D eigenvalue weighted by atomic mass is 10.2. The predicted molar refractivity (Wildman–Crippen MR) is 64.4 cm³/mol. The summed E-state index contributed by atoms with van der Waals surface area (Å²) in [6, 6.07) is 6.02. The molecule has 0 unspecified atom stereocenters. The third-order valence-electron chi connectivity index (χ3n) is 2.22. The van der Waals surface area contributed by atoms with E-state index in [0.29, 0.717) is 12.2 Å². The van der Waals surface area contributed by atoms with Crippen LogP contribution in [0.4, 0.5) is 4.39 Å². The van der Waals surface area contributed by atoms with Crippen LogP contribution in [0.5, 0.6) is 0 Å². The number of nitrogens with zero attached hydrogens (tertiary/aromatic N) is 1. The lowest BCUT2D eigenvalue weighted by molar-refractivity contribution is 0.0946. The number of carbonyl (C=O) groups is 1. The third kappa shape index (κ3) is 3.10. The summed E-state index contributed by atoms with van der Waals surface area (Å²) in [6.45, 7) is 2.22.